The van der Waals surface area contributed by atoms with Gasteiger partial charge in [0.1, 0.15) is 24.5 Å². The van der Waals surface area contributed by atoms with Gasteiger partial charge in [0.25, 0.3) is 0 Å². The van der Waals surface area contributed by atoms with Gasteiger partial charge in [-0.3, -0.25) is 0 Å². The van der Waals surface area contributed by atoms with E-state index in [1.54, 1.807) is 0 Å². The number of nitrogens with zero attached hydrogens (tertiary/aromatic N) is 3. The Hall–Kier alpha value is -1.83. The number of nitriles is 1. The lowest BCUT2D eigenvalue weighted by Gasteiger charge is -2.10. The third kappa shape index (κ3) is 3.88. The summed E-state index contributed by atoms with van der Waals surface area (Å²) in [5.74, 6) is 2.40. The van der Waals surface area contributed by atoms with Crippen molar-refractivity contribution in [1.82, 2.24) is 9.97 Å². The molecule has 1 aromatic heterocycles. The molecule has 0 aliphatic heterocycles. The average molecular weight is 245 g/mol. The highest BCUT2D eigenvalue weighted by atomic mass is 15.1. The summed E-state index contributed by atoms with van der Waals surface area (Å²) < 4.78 is 0. The average Bonchev–Trinajstić information content (AvgIpc) is 2.90. The smallest absolute Gasteiger partial charge is 0.132 e. The van der Waals surface area contributed by atoms with Crippen LogP contribution in [-0.4, -0.2) is 23.1 Å². The normalized spacial score (nSPS) is 15.3. The van der Waals surface area contributed by atoms with Crippen molar-refractivity contribution in [2.45, 2.75) is 32.1 Å². The molecule has 1 aliphatic carbocycles. The monoisotopic (exact) mass is 245 g/mol. The molecule has 0 amide bonds. The van der Waals surface area contributed by atoms with Crippen LogP contribution in [0.25, 0.3) is 0 Å². The zero-order chi connectivity index (χ0) is 12.6. The summed E-state index contributed by atoms with van der Waals surface area (Å²) in [7, 11) is 0. The Labute approximate surface area is 108 Å². The van der Waals surface area contributed by atoms with E-state index >= 15 is 0 Å². The van der Waals surface area contributed by atoms with Gasteiger partial charge in [-0.2, -0.15) is 5.26 Å². The predicted octanol–water partition coefficient (Wildman–Crippen LogP) is 2.40. The van der Waals surface area contributed by atoms with Crippen LogP contribution in [0.4, 0.5) is 11.6 Å². The van der Waals surface area contributed by atoms with Gasteiger partial charge >= 0.3 is 0 Å². The summed E-state index contributed by atoms with van der Waals surface area (Å²) in [5, 5.41) is 14.7. The van der Waals surface area contributed by atoms with Crippen molar-refractivity contribution in [3.8, 4) is 6.07 Å². The highest BCUT2D eigenvalue weighted by molar-refractivity contribution is 5.46. The molecule has 2 rings (SSSR count). The number of anilines is 2. The molecule has 0 atom stereocenters. The summed E-state index contributed by atoms with van der Waals surface area (Å²) in [5.41, 5.74) is 0. The lowest BCUT2D eigenvalue weighted by Crippen LogP contribution is -2.09. The third-order valence-corrected chi connectivity index (χ3v) is 3.35. The maximum Gasteiger partial charge on any atom is 0.132 e. The van der Waals surface area contributed by atoms with Gasteiger partial charge in [0.05, 0.1) is 6.07 Å². The van der Waals surface area contributed by atoms with Gasteiger partial charge in [-0.05, 0) is 12.3 Å². The molecule has 18 heavy (non-hydrogen) atoms. The quantitative estimate of drug-likeness (QED) is 0.753. The molecule has 5 nitrogen and oxygen atoms in total. The molecule has 0 spiro atoms. The fourth-order valence-electron chi connectivity index (χ4n) is 2.38. The highest BCUT2D eigenvalue weighted by Gasteiger charge is 2.14. The van der Waals surface area contributed by atoms with Crippen LogP contribution in [0, 0.1) is 17.2 Å². The van der Waals surface area contributed by atoms with Crippen LogP contribution in [0.15, 0.2) is 12.4 Å². The van der Waals surface area contributed by atoms with E-state index in [0.717, 1.165) is 18.3 Å². The maximum absolute atomic E-state index is 8.49. The summed E-state index contributed by atoms with van der Waals surface area (Å²) in [6.07, 6.45) is 8.25. The van der Waals surface area contributed by atoms with Crippen LogP contribution in [0.2, 0.25) is 0 Å². The van der Waals surface area contributed by atoms with Crippen LogP contribution in [0.5, 0.6) is 0 Å². The van der Waals surface area contributed by atoms with Gasteiger partial charge < -0.3 is 10.6 Å². The van der Waals surface area contributed by atoms with Crippen molar-refractivity contribution in [3.63, 3.8) is 0 Å². The summed E-state index contributed by atoms with van der Waals surface area (Å²) in [6, 6.07) is 3.86. The molecule has 0 radical (unpaired) electrons. The van der Waals surface area contributed by atoms with E-state index in [0.29, 0.717) is 5.82 Å². The molecule has 0 saturated heterocycles. The third-order valence-electron chi connectivity index (χ3n) is 3.35. The Morgan fingerprint density at radius 2 is 1.94 bits per heavy atom. The van der Waals surface area contributed by atoms with Gasteiger partial charge in [-0.1, -0.05) is 25.7 Å². The minimum atomic E-state index is 0.262. The first-order valence-corrected chi connectivity index (χ1v) is 6.55. The van der Waals surface area contributed by atoms with E-state index in [2.05, 4.69) is 20.6 Å². The van der Waals surface area contributed by atoms with Crippen molar-refractivity contribution >= 4 is 11.6 Å². The van der Waals surface area contributed by atoms with Crippen LogP contribution < -0.4 is 10.6 Å². The fourth-order valence-corrected chi connectivity index (χ4v) is 2.38. The largest absolute Gasteiger partial charge is 0.370 e. The first-order valence-electron chi connectivity index (χ1n) is 6.55. The van der Waals surface area contributed by atoms with Crippen molar-refractivity contribution in [3.05, 3.63) is 12.4 Å². The molecule has 1 heterocycles. The lowest BCUT2D eigenvalue weighted by atomic mass is 10.0. The van der Waals surface area contributed by atoms with Crippen LogP contribution in [0.3, 0.4) is 0 Å². The SMILES string of the molecule is N#CCNc1cc(NCCC2CCCC2)ncn1. The standard InChI is InChI=1S/C13H19N5/c14-6-8-16-13-9-12(17-10-18-13)15-7-5-11-3-1-2-4-11/h9-11H,1-5,7-8H2,(H2,15,16,17,18). The van der Waals surface area contributed by atoms with Crippen LogP contribution in [-0.2, 0) is 0 Å². The number of nitrogens with one attached hydrogen (secondary N) is 2. The molecule has 96 valence electrons. The van der Waals surface area contributed by atoms with Crippen molar-refractivity contribution in [1.29, 1.82) is 5.26 Å². The first-order chi connectivity index (χ1) is 8.88. The molecule has 0 unspecified atom stereocenters. The molecule has 1 aromatic rings. The van der Waals surface area contributed by atoms with Crippen LogP contribution in [0.1, 0.15) is 32.1 Å². The lowest BCUT2D eigenvalue weighted by molar-refractivity contribution is 0.518. The number of hydrogen-bond donors (Lipinski definition) is 2. The zero-order valence-corrected chi connectivity index (χ0v) is 10.5. The summed E-state index contributed by atoms with van der Waals surface area (Å²) in [6.45, 7) is 1.22. The Kier molecular flexibility index (Phi) is 4.77. The van der Waals surface area contributed by atoms with E-state index < -0.39 is 0 Å². The number of aromatic nitrogens is 2. The molecule has 1 aliphatic rings. The fraction of sp³-hybridized carbons (Fsp3) is 0.615. The van der Waals surface area contributed by atoms with Gasteiger partial charge in [0, 0.05) is 12.6 Å². The second kappa shape index (κ2) is 6.80. The predicted molar refractivity (Wildman–Crippen MR) is 71.2 cm³/mol. The highest BCUT2D eigenvalue weighted by Crippen LogP contribution is 2.27. The van der Waals surface area contributed by atoms with Gasteiger partial charge in [0.2, 0.25) is 0 Å². The minimum absolute atomic E-state index is 0.262. The topological polar surface area (TPSA) is 73.6 Å². The van der Waals surface area contributed by atoms with E-state index in [9.17, 15) is 0 Å². The Bertz CT molecular complexity index is 406. The second-order valence-corrected chi connectivity index (χ2v) is 4.67. The van der Waals surface area contributed by atoms with E-state index in [1.807, 2.05) is 12.1 Å². The van der Waals surface area contributed by atoms with Gasteiger partial charge in [-0.25, -0.2) is 9.97 Å². The number of hydrogen-bond acceptors (Lipinski definition) is 5. The minimum Gasteiger partial charge on any atom is -0.370 e. The molecular formula is C13H19N5. The van der Waals surface area contributed by atoms with Crippen molar-refractivity contribution in [2.75, 3.05) is 23.7 Å². The van der Waals surface area contributed by atoms with E-state index in [4.69, 9.17) is 5.26 Å². The van der Waals surface area contributed by atoms with Crippen LogP contribution >= 0.6 is 0 Å². The number of rotatable bonds is 6. The van der Waals surface area contributed by atoms with Gasteiger partial charge in [-0.15, -0.1) is 0 Å². The summed E-state index contributed by atoms with van der Waals surface area (Å²) >= 11 is 0. The molecule has 1 saturated carbocycles. The molecule has 1 fully saturated rings. The molecular weight excluding hydrogens is 226 g/mol. The molecule has 0 bridgehead atoms. The van der Waals surface area contributed by atoms with E-state index in [1.165, 1.54) is 38.4 Å². The maximum atomic E-state index is 8.49. The molecule has 0 aromatic carbocycles. The van der Waals surface area contributed by atoms with Crippen molar-refractivity contribution < 1.29 is 0 Å². The molecule has 2 N–H and O–H groups in total. The summed E-state index contributed by atoms with van der Waals surface area (Å²) in [4.78, 5) is 8.22. The van der Waals surface area contributed by atoms with E-state index in [-0.39, 0.29) is 6.54 Å². The van der Waals surface area contributed by atoms with Gasteiger partial charge in [0.15, 0.2) is 0 Å². The van der Waals surface area contributed by atoms with Crippen molar-refractivity contribution in [2.24, 2.45) is 5.92 Å². The Morgan fingerprint density at radius 1 is 1.22 bits per heavy atom. The Morgan fingerprint density at radius 3 is 2.67 bits per heavy atom. The molecule has 5 heteroatoms. The zero-order valence-electron chi connectivity index (χ0n) is 10.5. The Balaban J connectivity index is 1.76. The second-order valence-electron chi connectivity index (χ2n) is 4.67. The first kappa shape index (κ1) is 12.6.